The lowest BCUT2D eigenvalue weighted by molar-refractivity contribution is 0.116. The number of pyridine rings is 1. The van der Waals surface area contributed by atoms with Crippen molar-refractivity contribution < 1.29 is 13.2 Å². The molecule has 7 nitrogen and oxygen atoms in total. The Labute approximate surface area is 166 Å². The van der Waals surface area contributed by atoms with Gasteiger partial charge in [0.2, 0.25) is 0 Å². The monoisotopic (exact) mass is 428 g/mol. The summed E-state index contributed by atoms with van der Waals surface area (Å²) in [5.41, 5.74) is 0.764. The van der Waals surface area contributed by atoms with Crippen LogP contribution < -0.4 is 4.31 Å². The van der Waals surface area contributed by atoms with E-state index in [1.165, 1.54) is 35.7 Å². The molecule has 0 aromatic carbocycles. The van der Waals surface area contributed by atoms with Crippen molar-refractivity contribution in [2.75, 3.05) is 10.1 Å². The normalized spacial score (nSPS) is 10.9. The van der Waals surface area contributed by atoms with E-state index < -0.39 is 12.3 Å². The van der Waals surface area contributed by atoms with Crippen LogP contribution >= 0.6 is 34.9 Å². The average Bonchev–Trinajstić information content (AvgIpc) is 3.30. The minimum absolute atomic E-state index is 0.00200. The van der Waals surface area contributed by atoms with Crippen LogP contribution in [0.2, 0.25) is 5.02 Å². The molecule has 0 radical (unpaired) electrons. The lowest BCUT2D eigenvalue weighted by atomic mass is 10.4. The predicted octanol–water partition coefficient (Wildman–Crippen LogP) is 4.75. The fraction of sp³-hybridized carbons (Fsp3) is 0.267. The summed E-state index contributed by atoms with van der Waals surface area (Å²) in [5, 5.41) is 16.9. The number of hydrogen-bond donors (Lipinski definition) is 0. The van der Waals surface area contributed by atoms with Gasteiger partial charge in [-0.05, 0) is 18.0 Å². The van der Waals surface area contributed by atoms with Crippen molar-refractivity contribution in [2.24, 2.45) is 0 Å². The second-order valence-electron chi connectivity index (χ2n) is 5.00. The Kier molecular flexibility index (Phi) is 6.54. The molecule has 3 aromatic rings. The highest BCUT2D eigenvalue weighted by atomic mass is 35.5. The fourth-order valence-electron chi connectivity index (χ4n) is 1.98. The summed E-state index contributed by atoms with van der Waals surface area (Å²) >= 11 is 8.71. The van der Waals surface area contributed by atoms with Crippen molar-refractivity contribution in [3.8, 4) is 16.8 Å². The summed E-state index contributed by atoms with van der Waals surface area (Å²) < 4.78 is 32.0. The third-order valence-corrected chi connectivity index (χ3v) is 5.33. The predicted molar refractivity (Wildman–Crippen MR) is 98.5 cm³/mol. The SMILES string of the molecule is N#CCCSN(Cc1ncc(-c2nnc(C(F)F)o2)s1)c1cncc(Cl)c1. The Morgan fingerprint density at radius 3 is 2.89 bits per heavy atom. The summed E-state index contributed by atoms with van der Waals surface area (Å²) in [5.74, 6) is -0.136. The Balaban J connectivity index is 1.77. The zero-order valence-corrected chi connectivity index (χ0v) is 15.9. The van der Waals surface area contributed by atoms with Crippen LogP contribution in [0.4, 0.5) is 14.5 Å². The van der Waals surface area contributed by atoms with E-state index in [0.717, 1.165) is 5.69 Å². The van der Waals surface area contributed by atoms with Crippen molar-refractivity contribution in [2.45, 2.75) is 19.4 Å². The molecule has 0 amide bonds. The standard InChI is InChI=1S/C15H11ClF2N6OS2/c16-9-4-10(6-20-5-9)24(26-3-1-2-19)8-12-21-7-11(27-12)14-22-23-15(25-14)13(17)18/h4-7,13H,1,3,8H2. The van der Waals surface area contributed by atoms with Crippen LogP contribution in [0, 0.1) is 11.3 Å². The Morgan fingerprint density at radius 2 is 2.19 bits per heavy atom. The molecule has 0 unspecified atom stereocenters. The maximum absolute atomic E-state index is 12.6. The highest BCUT2D eigenvalue weighted by molar-refractivity contribution is 8.00. The lowest BCUT2D eigenvalue weighted by Gasteiger charge is -2.21. The first-order valence-corrected chi connectivity index (χ1v) is 9.65. The quantitative estimate of drug-likeness (QED) is 0.375. The van der Waals surface area contributed by atoms with E-state index in [1.807, 2.05) is 4.31 Å². The van der Waals surface area contributed by atoms with Crippen LogP contribution in [0.5, 0.6) is 0 Å². The molecule has 0 saturated carbocycles. The minimum atomic E-state index is -2.82. The van der Waals surface area contributed by atoms with E-state index in [1.54, 1.807) is 12.3 Å². The number of thiazole rings is 1. The Hall–Kier alpha value is -2.29. The molecule has 0 spiro atoms. The molecular formula is C15H11ClF2N6OS2. The highest BCUT2D eigenvalue weighted by Gasteiger charge is 2.19. The third-order valence-electron chi connectivity index (χ3n) is 3.11. The maximum Gasteiger partial charge on any atom is 0.314 e. The van der Waals surface area contributed by atoms with Gasteiger partial charge >= 0.3 is 6.43 Å². The van der Waals surface area contributed by atoms with E-state index in [4.69, 9.17) is 21.3 Å². The van der Waals surface area contributed by atoms with Gasteiger partial charge in [-0.15, -0.1) is 21.5 Å². The number of aromatic nitrogens is 4. The second-order valence-corrected chi connectivity index (χ2v) is 7.66. The van der Waals surface area contributed by atoms with Gasteiger partial charge in [0.05, 0.1) is 35.7 Å². The zero-order valence-electron chi connectivity index (χ0n) is 13.5. The number of nitriles is 1. The first-order chi connectivity index (χ1) is 13.1. The van der Waals surface area contributed by atoms with Crippen LogP contribution in [0.15, 0.2) is 29.1 Å². The number of halogens is 3. The number of rotatable bonds is 8. The van der Waals surface area contributed by atoms with Crippen molar-refractivity contribution in [3.63, 3.8) is 0 Å². The van der Waals surface area contributed by atoms with Gasteiger partial charge in [0.1, 0.15) is 9.88 Å². The van der Waals surface area contributed by atoms with Crippen LogP contribution in [-0.4, -0.2) is 25.9 Å². The molecule has 0 atom stereocenters. The molecule has 0 bridgehead atoms. The molecule has 0 saturated heterocycles. The van der Waals surface area contributed by atoms with Gasteiger partial charge in [0, 0.05) is 18.4 Å². The van der Waals surface area contributed by atoms with E-state index in [2.05, 4.69) is 26.2 Å². The molecule has 12 heteroatoms. The zero-order chi connectivity index (χ0) is 19.2. The topological polar surface area (TPSA) is 91.7 Å². The van der Waals surface area contributed by atoms with Gasteiger partial charge in [0.15, 0.2) is 0 Å². The fourth-order valence-corrected chi connectivity index (χ4v) is 3.92. The number of hydrogen-bond acceptors (Lipinski definition) is 9. The average molecular weight is 429 g/mol. The number of alkyl halides is 2. The Bertz CT molecular complexity index is 944. The molecular weight excluding hydrogens is 418 g/mol. The second kappa shape index (κ2) is 9.07. The molecule has 0 fully saturated rings. The van der Waals surface area contributed by atoms with E-state index in [-0.39, 0.29) is 5.89 Å². The van der Waals surface area contributed by atoms with Gasteiger partial charge in [-0.25, -0.2) is 4.98 Å². The van der Waals surface area contributed by atoms with Gasteiger partial charge in [-0.2, -0.15) is 14.0 Å². The smallest absolute Gasteiger partial charge is 0.314 e. The largest absolute Gasteiger partial charge is 0.414 e. The molecule has 27 heavy (non-hydrogen) atoms. The molecule has 0 aliphatic heterocycles. The Morgan fingerprint density at radius 1 is 1.33 bits per heavy atom. The molecule has 0 N–H and O–H groups in total. The molecule has 0 aliphatic rings. The number of anilines is 1. The summed E-state index contributed by atoms with van der Waals surface area (Å²) in [7, 11) is 0. The number of nitrogens with zero attached hydrogens (tertiary/aromatic N) is 6. The third kappa shape index (κ3) is 5.12. The lowest BCUT2D eigenvalue weighted by Crippen LogP contribution is -2.14. The van der Waals surface area contributed by atoms with E-state index in [0.29, 0.717) is 33.6 Å². The summed E-state index contributed by atoms with van der Waals surface area (Å²) in [4.78, 5) is 8.86. The van der Waals surface area contributed by atoms with Gasteiger partial charge in [-0.1, -0.05) is 11.6 Å². The van der Waals surface area contributed by atoms with Crippen molar-refractivity contribution in [1.29, 1.82) is 5.26 Å². The molecule has 0 aliphatic carbocycles. The van der Waals surface area contributed by atoms with Gasteiger partial charge < -0.3 is 8.72 Å². The molecule has 3 rings (SSSR count). The van der Waals surface area contributed by atoms with Gasteiger partial charge in [0.25, 0.3) is 11.8 Å². The first-order valence-electron chi connectivity index (χ1n) is 7.51. The molecule has 140 valence electrons. The summed E-state index contributed by atoms with van der Waals surface area (Å²) in [6.07, 6.45) is 2.25. The van der Waals surface area contributed by atoms with E-state index in [9.17, 15) is 8.78 Å². The highest BCUT2D eigenvalue weighted by Crippen LogP contribution is 2.31. The summed E-state index contributed by atoms with van der Waals surface area (Å²) in [6, 6.07) is 3.85. The first kappa shape index (κ1) is 19.5. The van der Waals surface area contributed by atoms with Gasteiger partial charge in [-0.3, -0.25) is 4.98 Å². The van der Waals surface area contributed by atoms with Crippen molar-refractivity contribution in [3.05, 3.63) is 40.6 Å². The van der Waals surface area contributed by atoms with Crippen LogP contribution in [0.3, 0.4) is 0 Å². The van der Waals surface area contributed by atoms with Crippen molar-refractivity contribution >= 4 is 40.6 Å². The molecule has 3 aromatic heterocycles. The van der Waals surface area contributed by atoms with Crippen LogP contribution in [0.25, 0.3) is 10.8 Å². The summed E-state index contributed by atoms with van der Waals surface area (Å²) in [6.45, 7) is 0.401. The molecule has 3 heterocycles. The maximum atomic E-state index is 12.6. The minimum Gasteiger partial charge on any atom is -0.414 e. The van der Waals surface area contributed by atoms with Crippen molar-refractivity contribution in [1.82, 2.24) is 20.2 Å². The van der Waals surface area contributed by atoms with Crippen LogP contribution in [0.1, 0.15) is 23.7 Å². The van der Waals surface area contributed by atoms with E-state index >= 15 is 0 Å². The van der Waals surface area contributed by atoms with Crippen LogP contribution in [-0.2, 0) is 6.54 Å².